The van der Waals surface area contributed by atoms with E-state index in [9.17, 15) is 5.11 Å². The first-order valence-corrected chi connectivity index (χ1v) is 17.0. The van der Waals surface area contributed by atoms with Crippen LogP contribution in [0.3, 0.4) is 0 Å². The van der Waals surface area contributed by atoms with Crippen molar-refractivity contribution in [1.29, 1.82) is 0 Å². The van der Waals surface area contributed by atoms with E-state index in [2.05, 4.69) is 20.8 Å². The van der Waals surface area contributed by atoms with Crippen molar-refractivity contribution in [3.63, 3.8) is 0 Å². The Labute approximate surface area is 214 Å². The first-order chi connectivity index (χ1) is 15.5. The Morgan fingerprint density at radius 1 is 0.879 bits per heavy atom. The molecule has 3 nitrogen and oxygen atoms in total. The molecule has 0 radical (unpaired) electrons. The first-order valence-electron chi connectivity index (χ1n) is 10.6. The number of hydrogen-bond acceptors (Lipinski definition) is 3. The predicted molar refractivity (Wildman–Crippen MR) is 139 cm³/mol. The molecule has 0 aliphatic heterocycles. The van der Waals surface area contributed by atoms with Gasteiger partial charge in [-0.25, -0.2) is 0 Å². The van der Waals surface area contributed by atoms with Crippen molar-refractivity contribution in [2.24, 2.45) is 4.99 Å². The van der Waals surface area contributed by atoms with Crippen LogP contribution in [0.1, 0.15) is 45.7 Å². The zero-order valence-corrected chi connectivity index (χ0v) is 23.3. The number of benzene rings is 3. The third-order valence-electron chi connectivity index (χ3n) is 4.66. The van der Waals surface area contributed by atoms with Crippen LogP contribution in [0.5, 0.6) is 11.5 Å². The van der Waals surface area contributed by atoms with E-state index in [1.165, 1.54) is 0 Å². The van der Waals surface area contributed by atoms with Crippen LogP contribution in [-0.2, 0) is 20.1 Å². The fourth-order valence-electron chi connectivity index (χ4n) is 3.27. The summed E-state index contributed by atoms with van der Waals surface area (Å²) in [5, 5.41) is 10.7. The average Bonchev–Trinajstić information content (AvgIpc) is 2.72. The Hall–Kier alpha value is -1.49. The van der Waals surface area contributed by atoms with E-state index in [4.69, 9.17) is 37.6 Å². The fourth-order valence-corrected chi connectivity index (χ4v) is 3.27. The molecule has 0 bridgehead atoms. The van der Waals surface area contributed by atoms with Crippen LogP contribution in [-0.4, -0.2) is 17.4 Å². The van der Waals surface area contributed by atoms with Gasteiger partial charge in [-0.1, -0.05) is 69.3 Å². The van der Waals surface area contributed by atoms with Crippen molar-refractivity contribution >= 4 is 39.8 Å². The Morgan fingerprint density at radius 2 is 1.45 bits per heavy atom. The van der Waals surface area contributed by atoms with Gasteiger partial charge in [0.1, 0.15) is 11.5 Å². The molecule has 1 N–H and O–H groups in total. The van der Waals surface area contributed by atoms with Crippen molar-refractivity contribution in [3.05, 3.63) is 77.9 Å². The van der Waals surface area contributed by atoms with E-state index in [0.717, 1.165) is 28.1 Å². The molecule has 0 aliphatic carbocycles. The summed E-state index contributed by atoms with van der Waals surface area (Å²) in [6, 6.07) is 21.8. The molecule has 0 aliphatic rings. The maximum atomic E-state index is 10.7. The van der Waals surface area contributed by atoms with Crippen molar-refractivity contribution in [3.8, 4) is 22.6 Å². The van der Waals surface area contributed by atoms with Crippen molar-refractivity contribution in [2.45, 2.75) is 46.1 Å². The summed E-state index contributed by atoms with van der Waals surface area (Å²) in [6.45, 7) is 10.3. The second-order valence-corrected chi connectivity index (χ2v) is 16.4. The number of nitrogens with zero attached hydrogens (tertiary/aromatic N) is 1. The minimum absolute atomic E-state index is 0.0869. The molecule has 3 aromatic rings. The Bertz CT molecular complexity index is 1080. The molecule has 0 unspecified atom stereocenters. The molecule has 7 heteroatoms. The van der Waals surface area contributed by atoms with Gasteiger partial charge in [-0.3, -0.25) is 4.99 Å². The molecular weight excluding hydrogens is 513 g/mol. The number of ether oxygens (including phenoxy) is 1. The van der Waals surface area contributed by atoms with E-state index < -0.39 is 14.7 Å². The molecule has 0 aromatic heterocycles. The van der Waals surface area contributed by atoms with Gasteiger partial charge in [0.15, 0.2) is 0 Å². The van der Waals surface area contributed by atoms with Gasteiger partial charge < -0.3 is 9.84 Å². The summed E-state index contributed by atoms with van der Waals surface area (Å²) >= 11 is -1.92. The van der Waals surface area contributed by atoms with Gasteiger partial charge in [0, 0.05) is 22.9 Å². The molecule has 33 heavy (non-hydrogen) atoms. The molecule has 3 aromatic carbocycles. The van der Waals surface area contributed by atoms with Crippen LogP contribution in [0.25, 0.3) is 11.1 Å². The predicted octanol–water partition coefficient (Wildman–Crippen LogP) is 8.96. The minimum atomic E-state index is -1.92. The summed E-state index contributed by atoms with van der Waals surface area (Å²) in [7, 11) is 14.9. The van der Waals surface area contributed by atoms with E-state index in [1.54, 1.807) is 6.21 Å². The molecule has 0 saturated carbocycles. The molecule has 0 spiro atoms. The van der Waals surface area contributed by atoms with Gasteiger partial charge in [-0.05, 0) is 43.0 Å². The number of rotatable bonds is 5. The summed E-state index contributed by atoms with van der Waals surface area (Å²) < 4.78 is 6.00. The second-order valence-electron chi connectivity index (χ2n) is 8.65. The topological polar surface area (TPSA) is 41.8 Å². The van der Waals surface area contributed by atoms with Gasteiger partial charge in [0.2, 0.25) is 0 Å². The van der Waals surface area contributed by atoms with Gasteiger partial charge >= 0.3 is 42.6 Å². The maximum absolute atomic E-state index is 10.7. The third-order valence-corrected chi connectivity index (χ3v) is 4.66. The van der Waals surface area contributed by atoms with Gasteiger partial charge in [-0.2, -0.15) is 0 Å². The Kier molecular flexibility index (Phi) is 10.8. The van der Waals surface area contributed by atoms with E-state index in [-0.39, 0.29) is 17.3 Å². The molecule has 0 fully saturated rings. The van der Waals surface area contributed by atoms with Crippen molar-refractivity contribution < 1.29 is 24.5 Å². The van der Waals surface area contributed by atoms with Gasteiger partial charge in [0.05, 0.1) is 11.8 Å². The average molecular weight is 542 g/mol. The zero-order valence-electron chi connectivity index (χ0n) is 19.4. The van der Waals surface area contributed by atoms with Crippen molar-refractivity contribution in [1.82, 2.24) is 0 Å². The number of phenols is 1. The van der Waals surface area contributed by atoms with Crippen LogP contribution >= 0.6 is 27.9 Å². The van der Waals surface area contributed by atoms with Crippen molar-refractivity contribution in [2.75, 3.05) is 0 Å². The normalized spacial score (nSPS) is 11.3. The fraction of sp³-hybridized carbons (Fsp3) is 0.269. The summed E-state index contributed by atoms with van der Waals surface area (Å²) in [5.74, 6) is 1.12. The van der Waals surface area contributed by atoms with Gasteiger partial charge in [0.25, 0.3) is 0 Å². The van der Waals surface area contributed by atoms with E-state index >= 15 is 0 Å². The molecule has 0 saturated heterocycles. The molecule has 175 valence electrons. The molecule has 3 rings (SSSR count). The van der Waals surface area contributed by atoms with Crippen LogP contribution in [0, 0.1) is 0 Å². The number of phenolic OH excluding ortho intramolecular Hbond substituents is 1. The Morgan fingerprint density at radius 3 is 2.06 bits per heavy atom. The molecule has 0 heterocycles. The summed E-state index contributed by atoms with van der Waals surface area (Å²) in [6.07, 6.45) is 1.82. The monoisotopic (exact) mass is 540 g/mol. The van der Waals surface area contributed by atoms with E-state index in [0.29, 0.717) is 5.56 Å². The number of aromatic hydroxyl groups is 1. The van der Waals surface area contributed by atoms with Crippen LogP contribution < -0.4 is 4.74 Å². The van der Waals surface area contributed by atoms with Crippen LogP contribution in [0.4, 0.5) is 5.69 Å². The number of hydrogen-bond donors (Lipinski definition) is 1. The molecule has 0 atom stereocenters. The second kappa shape index (κ2) is 12.8. The molecule has 0 amide bonds. The molecular formula is C26H29Cl3NO2Ti. The number of para-hydroxylation sites is 3. The summed E-state index contributed by atoms with van der Waals surface area (Å²) in [4.78, 5) is 4.72. The summed E-state index contributed by atoms with van der Waals surface area (Å²) in [5.41, 5.74) is 4.30. The first kappa shape index (κ1) is 27.8. The third kappa shape index (κ3) is 8.66. The van der Waals surface area contributed by atoms with Crippen LogP contribution in [0.2, 0.25) is 0 Å². The number of aliphatic imine (C=N–C) groups is 1. The van der Waals surface area contributed by atoms with Gasteiger partial charge in [-0.15, -0.1) is 0 Å². The quantitative estimate of drug-likeness (QED) is 0.259. The standard InChI is InChI=1S/C26H29NO2.3ClH.Ti/c1-18(2)29-24-16-9-7-13-21(24)20-12-6-8-15-23(20)27-17-19-11-10-14-22(25(19)28)26(3,4)5;;;;/h6-18,28H,1-5H3;3*1H;/q;;;;+3/p-3. The Balaban J connectivity index is 0.000000890. The number of halogens is 3. The van der Waals surface area contributed by atoms with E-state index in [1.807, 2.05) is 80.6 Å². The van der Waals surface area contributed by atoms with Crippen LogP contribution in [0.15, 0.2) is 71.7 Å². The zero-order chi connectivity index (χ0) is 24.6. The SMILES string of the molecule is CC(C)Oc1ccccc1-c1ccccc1N=Cc1cccc(C(C)(C)C)c1O.[Cl][Ti]([Cl])[Cl].